The first kappa shape index (κ1) is 23.3. The first-order valence-electron chi connectivity index (χ1n) is 5.36. The van der Waals surface area contributed by atoms with Crippen LogP contribution in [-0.4, -0.2) is 14.2 Å². The number of methoxy groups -OCH3 is 2. The van der Waals surface area contributed by atoms with Gasteiger partial charge >= 0.3 is 0 Å². The third-order valence-corrected chi connectivity index (χ3v) is 2.34. The van der Waals surface area contributed by atoms with Gasteiger partial charge in [-0.05, 0) is 12.1 Å². The summed E-state index contributed by atoms with van der Waals surface area (Å²) in [6.07, 6.45) is 3.65. The zero-order valence-corrected chi connectivity index (χ0v) is 16.8. The minimum Gasteiger partial charge on any atom is -0.495 e. The fourth-order valence-electron chi connectivity index (χ4n) is 1.06. The number of benzene rings is 1. The van der Waals surface area contributed by atoms with Crippen LogP contribution in [0.2, 0.25) is 5.02 Å². The van der Waals surface area contributed by atoms with Crippen LogP contribution in [0.15, 0.2) is 18.2 Å². The van der Waals surface area contributed by atoms with Crippen molar-refractivity contribution in [2.75, 3.05) is 14.2 Å². The van der Waals surface area contributed by atoms with E-state index in [1.807, 2.05) is 6.07 Å². The molecule has 0 aliphatic rings. The van der Waals surface area contributed by atoms with Gasteiger partial charge in [0.05, 0.1) is 14.2 Å². The Kier molecular flexibility index (Phi) is 19.8. The fraction of sp³-hybridized carbons (Fsp3) is 0.462. The van der Waals surface area contributed by atoms with Crippen molar-refractivity contribution >= 4 is 28.6 Å². The standard InChI is InChI=1S/C8H9ClO2.C5H11.BrH.Zn/c1-10-6-4-3-5-7(11-2)8(6)9;1-3-5-4-2;;/h3-5H,1-2H3;1,3-5H2,2H3;1H;/q;-1;;. The number of hydrogen-bond donors (Lipinski definition) is 0. The van der Waals surface area contributed by atoms with Crippen molar-refractivity contribution in [3.8, 4) is 11.5 Å². The zero-order chi connectivity index (χ0) is 12.4. The minimum absolute atomic E-state index is 0. The molecule has 0 spiro atoms. The predicted molar refractivity (Wildman–Crippen MR) is 79.8 cm³/mol. The molecule has 0 heterocycles. The second kappa shape index (κ2) is 15.3. The molecule has 0 aromatic heterocycles. The maximum absolute atomic E-state index is 5.86. The Morgan fingerprint density at radius 2 is 1.61 bits per heavy atom. The Morgan fingerprint density at radius 1 is 1.17 bits per heavy atom. The Morgan fingerprint density at radius 3 is 1.83 bits per heavy atom. The number of unbranched alkanes of at least 4 members (excludes halogenated alkanes) is 2. The van der Waals surface area contributed by atoms with Crippen molar-refractivity contribution in [1.82, 2.24) is 0 Å². The van der Waals surface area contributed by atoms with E-state index in [0.717, 1.165) is 6.42 Å². The fourth-order valence-corrected chi connectivity index (χ4v) is 1.34. The van der Waals surface area contributed by atoms with Gasteiger partial charge in [-0.15, -0.1) is 17.0 Å². The topological polar surface area (TPSA) is 18.5 Å². The number of ether oxygens (including phenoxy) is 2. The molecule has 0 unspecified atom stereocenters. The van der Waals surface area contributed by atoms with Crippen LogP contribution in [0.4, 0.5) is 0 Å². The van der Waals surface area contributed by atoms with Gasteiger partial charge in [0.15, 0.2) is 0 Å². The maximum atomic E-state index is 5.86. The van der Waals surface area contributed by atoms with Gasteiger partial charge in [0.1, 0.15) is 16.5 Å². The van der Waals surface area contributed by atoms with E-state index in [9.17, 15) is 0 Å². The third-order valence-electron chi connectivity index (χ3n) is 1.97. The Labute approximate surface area is 139 Å². The van der Waals surface area contributed by atoms with E-state index in [4.69, 9.17) is 21.1 Å². The van der Waals surface area contributed by atoms with Crippen molar-refractivity contribution in [1.29, 1.82) is 0 Å². The van der Waals surface area contributed by atoms with Crippen LogP contribution in [0.5, 0.6) is 11.5 Å². The molecule has 0 amide bonds. The van der Waals surface area contributed by atoms with Crippen LogP contribution in [0.1, 0.15) is 26.2 Å². The van der Waals surface area contributed by atoms with Crippen molar-refractivity contribution in [3.63, 3.8) is 0 Å². The predicted octanol–water partition coefficient (Wildman–Crippen LogP) is 4.94. The maximum Gasteiger partial charge on any atom is 0.141 e. The summed E-state index contributed by atoms with van der Waals surface area (Å²) in [5, 5.41) is 0.512. The van der Waals surface area contributed by atoms with Crippen LogP contribution in [0, 0.1) is 6.92 Å². The molecule has 1 rings (SSSR count). The molecule has 5 heteroatoms. The van der Waals surface area contributed by atoms with Gasteiger partial charge < -0.3 is 16.4 Å². The van der Waals surface area contributed by atoms with Crippen LogP contribution >= 0.6 is 28.6 Å². The Hall–Kier alpha value is 0.213. The van der Waals surface area contributed by atoms with Crippen molar-refractivity contribution in [3.05, 3.63) is 30.1 Å². The summed E-state index contributed by atoms with van der Waals surface area (Å²) in [7, 11) is 3.14. The van der Waals surface area contributed by atoms with Gasteiger partial charge in [0, 0.05) is 19.5 Å². The van der Waals surface area contributed by atoms with E-state index in [1.54, 1.807) is 26.4 Å². The first-order chi connectivity index (χ1) is 7.71. The second-order valence-corrected chi connectivity index (χ2v) is 3.56. The van der Waals surface area contributed by atoms with Crippen LogP contribution in [0.25, 0.3) is 0 Å². The third kappa shape index (κ3) is 9.18. The van der Waals surface area contributed by atoms with E-state index < -0.39 is 0 Å². The summed E-state index contributed by atoms with van der Waals surface area (Å²) in [5.74, 6) is 1.26. The Bertz CT molecular complexity index is 274. The zero-order valence-electron chi connectivity index (χ0n) is 11.4. The summed E-state index contributed by atoms with van der Waals surface area (Å²) >= 11 is 5.86. The van der Waals surface area contributed by atoms with Crippen molar-refractivity contribution in [2.24, 2.45) is 0 Å². The average Bonchev–Trinajstić information content (AvgIpc) is 2.31. The molecule has 0 saturated carbocycles. The molecular formula is C13H21BrClO2Zn-. The SMILES string of the molecule is Br.COc1cccc(OC)c1Cl.[CH2-]CCCC.[Zn]. The molecule has 1 aromatic carbocycles. The van der Waals surface area contributed by atoms with Crippen LogP contribution in [-0.2, 0) is 19.5 Å². The Balaban J connectivity index is -0.000000282. The molecule has 2 nitrogen and oxygen atoms in total. The summed E-state index contributed by atoms with van der Waals surface area (Å²) in [6.45, 7) is 5.85. The van der Waals surface area contributed by atoms with Gasteiger partial charge in [-0.25, -0.2) is 0 Å². The van der Waals surface area contributed by atoms with E-state index in [1.165, 1.54) is 12.8 Å². The van der Waals surface area contributed by atoms with Crippen molar-refractivity contribution in [2.45, 2.75) is 26.2 Å². The molecule has 0 fully saturated rings. The van der Waals surface area contributed by atoms with Crippen molar-refractivity contribution < 1.29 is 29.0 Å². The molecule has 0 bridgehead atoms. The smallest absolute Gasteiger partial charge is 0.141 e. The number of rotatable bonds is 4. The normalized spacial score (nSPS) is 8.06. The van der Waals surface area contributed by atoms with Gasteiger partial charge in [0.25, 0.3) is 0 Å². The van der Waals surface area contributed by atoms with Gasteiger partial charge in [-0.2, -0.15) is 6.42 Å². The molecule has 0 atom stereocenters. The summed E-state index contributed by atoms with van der Waals surface area (Å²) < 4.78 is 9.95. The molecule has 0 aliphatic heterocycles. The summed E-state index contributed by atoms with van der Waals surface area (Å²) in [4.78, 5) is 0. The van der Waals surface area contributed by atoms with E-state index in [0.29, 0.717) is 16.5 Å². The molecule has 0 N–H and O–H groups in total. The molecule has 0 saturated heterocycles. The van der Waals surface area contributed by atoms with E-state index in [-0.39, 0.29) is 36.5 Å². The monoisotopic (exact) mass is 387 g/mol. The van der Waals surface area contributed by atoms with E-state index >= 15 is 0 Å². The van der Waals surface area contributed by atoms with Gasteiger partial charge in [-0.1, -0.05) is 37.4 Å². The van der Waals surface area contributed by atoms with Crippen LogP contribution in [0.3, 0.4) is 0 Å². The quantitative estimate of drug-likeness (QED) is 0.536. The molecular weight excluding hydrogens is 369 g/mol. The molecule has 18 heavy (non-hydrogen) atoms. The summed E-state index contributed by atoms with van der Waals surface area (Å²) in [6, 6.07) is 5.39. The number of hydrogen-bond acceptors (Lipinski definition) is 2. The van der Waals surface area contributed by atoms with E-state index in [2.05, 4.69) is 13.8 Å². The summed E-state index contributed by atoms with van der Waals surface area (Å²) in [5.41, 5.74) is 0. The number of halogens is 2. The second-order valence-electron chi connectivity index (χ2n) is 3.18. The largest absolute Gasteiger partial charge is 0.495 e. The first-order valence-corrected chi connectivity index (χ1v) is 5.74. The van der Waals surface area contributed by atoms with Gasteiger partial charge in [0.2, 0.25) is 0 Å². The molecule has 102 valence electrons. The average molecular weight is 390 g/mol. The van der Waals surface area contributed by atoms with Crippen LogP contribution < -0.4 is 9.47 Å². The molecule has 1 aromatic rings. The minimum atomic E-state index is 0. The van der Waals surface area contributed by atoms with Gasteiger partial charge in [-0.3, -0.25) is 0 Å². The molecule has 0 aliphatic carbocycles. The molecule has 0 radical (unpaired) electrons.